The third-order valence-corrected chi connectivity index (χ3v) is 2.50. The lowest BCUT2D eigenvalue weighted by molar-refractivity contribution is -0.139. The van der Waals surface area contributed by atoms with E-state index < -0.39 is 0 Å². The van der Waals surface area contributed by atoms with Crippen molar-refractivity contribution in [3.05, 3.63) is 0 Å². The zero-order valence-electron chi connectivity index (χ0n) is 10.7. The average molecular weight is 229 g/mol. The van der Waals surface area contributed by atoms with E-state index >= 15 is 0 Å². The summed E-state index contributed by atoms with van der Waals surface area (Å²) in [6.07, 6.45) is 0.429. The first-order valence-corrected chi connectivity index (χ1v) is 5.73. The van der Waals surface area contributed by atoms with Crippen molar-refractivity contribution in [2.75, 3.05) is 40.3 Å². The van der Waals surface area contributed by atoms with Gasteiger partial charge in [-0.05, 0) is 20.9 Å². The minimum absolute atomic E-state index is 0.00476. The summed E-state index contributed by atoms with van der Waals surface area (Å²) in [6, 6.07) is 0. The Kier molecular flexibility index (Phi) is 7.54. The number of amides is 2. The first-order chi connectivity index (χ1) is 7.56. The molecule has 0 unspecified atom stereocenters. The monoisotopic (exact) mass is 229 g/mol. The molecule has 0 aliphatic heterocycles. The van der Waals surface area contributed by atoms with Crippen LogP contribution in [0.15, 0.2) is 0 Å². The molecule has 0 aromatic heterocycles. The summed E-state index contributed by atoms with van der Waals surface area (Å²) in [6.45, 7) is 6.06. The van der Waals surface area contributed by atoms with Gasteiger partial charge in [0.05, 0.1) is 6.54 Å². The second-order valence-corrected chi connectivity index (χ2v) is 3.67. The number of hydrogen-bond acceptors (Lipinski definition) is 3. The Morgan fingerprint density at radius 2 is 1.69 bits per heavy atom. The molecule has 16 heavy (non-hydrogen) atoms. The molecule has 0 fully saturated rings. The molecule has 5 nitrogen and oxygen atoms in total. The third kappa shape index (κ3) is 5.11. The van der Waals surface area contributed by atoms with Crippen molar-refractivity contribution in [2.24, 2.45) is 0 Å². The van der Waals surface area contributed by atoms with E-state index in [1.165, 1.54) is 4.90 Å². The normalized spacial score (nSPS) is 10.0. The van der Waals surface area contributed by atoms with Gasteiger partial charge in [0, 0.05) is 33.1 Å². The van der Waals surface area contributed by atoms with Crippen LogP contribution < -0.4 is 5.32 Å². The predicted octanol–water partition coefficient (Wildman–Crippen LogP) is -0.0773. The highest BCUT2D eigenvalue weighted by Crippen LogP contribution is 1.95. The lowest BCUT2D eigenvalue weighted by atomic mass is 10.3. The van der Waals surface area contributed by atoms with E-state index in [0.29, 0.717) is 26.1 Å². The minimum atomic E-state index is -0.00476. The molecule has 0 aromatic rings. The van der Waals surface area contributed by atoms with Gasteiger partial charge in [-0.15, -0.1) is 0 Å². The van der Waals surface area contributed by atoms with Gasteiger partial charge < -0.3 is 15.1 Å². The van der Waals surface area contributed by atoms with Gasteiger partial charge in [-0.3, -0.25) is 9.59 Å². The number of hydrogen-bond donors (Lipinski definition) is 1. The van der Waals surface area contributed by atoms with Gasteiger partial charge in [-0.2, -0.15) is 0 Å². The quantitative estimate of drug-likeness (QED) is 0.664. The number of carbonyl (C=O) groups excluding carboxylic acids is 2. The highest BCUT2D eigenvalue weighted by molar-refractivity contribution is 5.84. The molecule has 2 amide bonds. The lowest BCUT2D eigenvalue weighted by Crippen LogP contribution is -2.41. The van der Waals surface area contributed by atoms with Gasteiger partial charge in [0.15, 0.2) is 0 Å². The van der Waals surface area contributed by atoms with E-state index in [4.69, 9.17) is 0 Å². The van der Waals surface area contributed by atoms with E-state index in [9.17, 15) is 9.59 Å². The van der Waals surface area contributed by atoms with Gasteiger partial charge >= 0.3 is 0 Å². The Hall–Kier alpha value is -1.10. The van der Waals surface area contributed by atoms with Gasteiger partial charge in [0.25, 0.3) is 0 Å². The van der Waals surface area contributed by atoms with E-state index in [0.717, 1.165) is 0 Å². The van der Waals surface area contributed by atoms with Crippen LogP contribution in [-0.2, 0) is 9.59 Å². The molecule has 0 aliphatic carbocycles. The first-order valence-electron chi connectivity index (χ1n) is 5.73. The summed E-state index contributed by atoms with van der Waals surface area (Å²) < 4.78 is 0. The van der Waals surface area contributed by atoms with Crippen molar-refractivity contribution in [3.63, 3.8) is 0 Å². The number of nitrogens with zero attached hydrogens (tertiary/aromatic N) is 2. The Labute approximate surface area is 97.8 Å². The van der Waals surface area contributed by atoms with Crippen LogP contribution in [0.2, 0.25) is 0 Å². The molecule has 0 bridgehead atoms. The zero-order valence-corrected chi connectivity index (χ0v) is 10.7. The largest absolute Gasteiger partial charge is 0.342 e. The van der Waals surface area contributed by atoms with Crippen molar-refractivity contribution in [2.45, 2.75) is 20.3 Å². The van der Waals surface area contributed by atoms with Crippen LogP contribution in [0.3, 0.4) is 0 Å². The van der Waals surface area contributed by atoms with E-state index in [2.05, 4.69) is 5.32 Å². The predicted molar refractivity (Wildman–Crippen MR) is 64.1 cm³/mol. The van der Waals surface area contributed by atoms with E-state index in [-0.39, 0.29) is 18.4 Å². The fraction of sp³-hybridized carbons (Fsp3) is 0.818. The summed E-state index contributed by atoms with van der Waals surface area (Å²) in [7, 11) is 3.47. The smallest absolute Gasteiger partial charge is 0.242 e. The summed E-state index contributed by atoms with van der Waals surface area (Å²) >= 11 is 0. The van der Waals surface area contributed by atoms with Crippen molar-refractivity contribution in [1.82, 2.24) is 15.1 Å². The fourth-order valence-electron chi connectivity index (χ4n) is 1.39. The van der Waals surface area contributed by atoms with Crippen LogP contribution in [0, 0.1) is 0 Å². The molecule has 0 radical (unpaired) electrons. The molecule has 0 aliphatic rings. The van der Waals surface area contributed by atoms with Crippen molar-refractivity contribution in [3.8, 4) is 0 Å². The number of nitrogens with one attached hydrogen (secondary N) is 1. The van der Waals surface area contributed by atoms with E-state index in [1.54, 1.807) is 19.0 Å². The molecule has 5 heteroatoms. The average Bonchev–Trinajstić information content (AvgIpc) is 2.27. The molecule has 0 aromatic carbocycles. The van der Waals surface area contributed by atoms with Crippen LogP contribution in [0.25, 0.3) is 0 Å². The lowest BCUT2D eigenvalue weighted by Gasteiger charge is -2.23. The molecule has 0 spiro atoms. The zero-order chi connectivity index (χ0) is 12.6. The Morgan fingerprint density at radius 1 is 1.12 bits per heavy atom. The molecule has 1 N–H and O–H groups in total. The molecule has 94 valence electrons. The van der Waals surface area contributed by atoms with Gasteiger partial charge in [-0.1, -0.05) is 0 Å². The molecule has 0 heterocycles. The van der Waals surface area contributed by atoms with Crippen molar-refractivity contribution < 1.29 is 9.59 Å². The second kappa shape index (κ2) is 8.10. The standard InChI is InChI=1S/C11H23N3O2/c1-5-14(6-2)11(16)9-13(4)10(15)7-8-12-3/h12H,5-9H2,1-4H3. The first kappa shape index (κ1) is 14.9. The number of likely N-dealkylation sites (N-methyl/N-ethyl adjacent to an activating group) is 2. The van der Waals surface area contributed by atoms with Gasteiger partial charge in [0.1, 0.15) is 0 Å². The summed E-state index contributed by atoms with van der Waals surface area (Å²) in [5.74, 6) is 0.000152. The number of rotatable bonds is 7. The highest BCUT2D eigenvalue weighted by Gasteiger charge is 2.15. The van der Waals surface area contributed by atoms with Crippen LogP contribution in [0.1, 0.15) is 20.3 Å². The Morgan fingerprint density at radius 3 is 2.12 bits per heavy atom. The molecule has 0 rings (SSSR count). The topological polar surface area (TPSA) is 52.7 Å². The highest BCUT2D eigenvalue weighted by atomic mass is 16.2. The van der Waals surface area contributed by atoms with Crippen LogP contribution in [-0.4, -0.2) is 61.9 Å². The molecule has 0 atom stereocenters. The molecular weight excluding hydrogens is 206 g/mol. The Bertz CT molecular complexity index is 227. The van der Waals surface area contributed by atoms with Gasteiger partial charge in [0.2, 0.25) is 11.8 Å². The maximum Gasteiger partial charge on any atom is 0.242 e. The maximum absolute atomic E-state index is 11.7. The van der Waals surface area contributed by atoms with E-state index in [1.807, 2.05) is 13.8 Å². The van der Waals surface area contributed by atoms with Crippen LogP contribution in [0.4, 0.5) is 0 Å². The third-order valence-electron chi connectivity index (χ3n) is 2.50. The SMILES string of the molecule is CCN(CC)C(=O)CN(C)C(=O)CCNC. The number of carbonyl (C=O) groups is 2. The molecular formula is C11H23N3O2. The fourth-order valence-corrected chi connectivity index (χ4v) is 1.39. The summed E-state index contributed by atoms with van der Waals surface area (Å²) in [4.78, 5) is 26.5. The summed E-state index contributed by atoms with van der Waals surface area (Å²) in [5, 5.41) is 2.91. The maximum atomic E-state index is 11.7. The molecule has 0 saturated carbocycles. The molecule has 0 saturated heterocycles. The second-order valence-electron chi connectivity index (χ2n) is 3.67. The van der Waals surface area contributed by atoms with Gasteiger partial charge in [-0.25, -0.2) is 0 Å². The van der Waals surface area contributed by atoms with Crippen LogP contribution in [0.5, 0.6) is 0 Å². The van der Waals surface area contributed by atoms with Crippen LogP contribution >= 0.6 is 0 Å². The van der Waals surface area contributed by atoms with Crippen molar-refractivity contribution in [1.29, 1.82) is 0 Å². The minimum Gasteiger partial charge on any atom is -0.342 e. The summed E-state index contributed by atoms with van der Waals surface area (Å²) in [5.41, 5.74) is 0. The Balaban J connectivity index is 4.07. The van der Waals surface area contributed by atoms with Crippen molar-refractivity contribution >= 4 is 11.8 Å².